The Morgan fingerprint density at radius 2 is 0.894 bits per heavy atom. The van der Waals surface area contributed by atoms with E-state index in [4.69, 9.17) is 9.47 Å². The van der Waals surface area contributed by atoms with Crippen LogP contribution in [0.3, 0.4) is 0 Å². The van der Waals surface area contributed by atoms with Crippen molar-refractivity contribution in [1.29, 1.82) is 0 Å². The number of anilines is 7. The van der Waals surface area contributed by atoms with Crippen LogP contribution in [0.2, 0.25) is 0 Å². The Hall–Kier alpha value is -8.22. The van der Waals surface area contributed by atoms with E-state index in [2.05, 4.69) is 177 Å². The van der Waals surface area contributed by atoms with Gasteiger partial charge in [0.1, 0.15) is 23.0 Å². The van der Waals surface area contributed by atoms with Crippen LogP contribution in [0, 0.1) is 0 Å². The molecule has 0 fully saturated rings. The van der Waals surface area contributed by atoms with Gasteiger partial charge < -0.3 is 28.7 Å². The summed E-state index contributed by atoms with van der Waals surface area (Å²) in [4.78, 5) is 7.32. The van der Waals surface area contributed by atoms with Crippen LogP contribution in [0.25, 0.3) is 27.5 Å². The lowest BCUT2D eigenvalue weighted by molar-refractivity contribution is 0.482. The van der Waals surface area contributed by atoms with Crippen molar-refractivity contribution in [2.75, 3.05) is 27.8 Å². The molecule has 0 spiro atoms. The molecule has 2 aliphatic rings. The predicted molar refractivity (Wildman–Crippen MR) is 272 cm³/mol. The molecule has 0 atom stereocenters. The Labute approximate surface area is 385 Å². The summed E-state index contributed by atoms with van der Waals surface area (Å²) in [6.07, 6.45) is 4.28. The molecule has 0 radical (unpaired) electrons. The van der Waals surface area contributed by atoms with Crippen LogP contribution in [-0.4, -0.2) is 17.7 Å². The first-order chi connectivity index (χ1) is 32.7. The van der Waals surface area contributed by atoms with Crippen molar-refractivity contribution in [3.8, 4) is 28.7 Å². The molecule has 3 heterocycles. The van der Waals surface area contributed by atoms with Crippen molar-refractivity contribution in [1.82, 2.24) is 4.57 Å². The number of rotatable bonds is 10. The lowest BCUT2D eigenvalue weighted by Crippen LogP contribution is -2.24. The maximum Gasteiger partial charge on any atom is 0.131 e. The van der Waals surface area contributed by atoms with E-state index < -0.39 is 0 Å². The van der Waals surface area contributed by atoms with Gasteiger partial charge in [-0.2, -0.15) is 0 Å². The molecule has 6 nitrogen and oxygen atoms in total. The Kier molecular flexibility index (Phi) is 10.2. The Balaban J connectivity index is 1.07. The number of hydrogen-bond acceptors (Lipinski definition) is 5. The van der Waals surface area contributed by atoms with E-state index in [1.165, 1.54) is 22.5 Å². The average Bonchev–Trinajstić information content (AvgIpc) is 3.72. The number of nitrogens with zero attached hydrogens (tertiary/aromatic N) is 4. The van der Waals surface area contributed by atoms with E-state index >= 15 is 0 Å². The number of fused-ring (bicyclic) bond motifs is 5. The standard InChI is InChI=1S/C60H48N4O2/c1-4-23-45(24-5-1)63(48-37-46(39-52(41-48)65-50-25-6-2-7-26-50)61-35-17-21-43-19-10-13-30-55(43)61)58-33-16-34-59-60(58)54-29-12-15-32-57(54)64(59)49-38-47(40-53(42-49)66-51-27-8-3-9-28-51)62-36-18-22-44-20-11-14-31-56(44)62/h1-16,19-20,23-34,37-42H,17-18,21-22,35-36H2. The van der Waals surface area contributed by atoms with Gasteiger partial charge in [0, 0.05) is 76.6 Å². The Bertz CT molecular complexity index is 3350. The first-order valence-corrected chi connectivity index (χ1v) is 23.1. The quantitative estimate of drug-likeness (QED) is 0.137. The summed E-state index contributed by atoms with van der Waals surface area (Å²) in [6, 6.07) is 77.5. The molecule has 0 bridgehead atoms. The summed E-state index contributed by atoms with van der Waals surface area (Å²) in [5, 5.41) is 2.31. The summed E-state index contributed by atoms with van der Waals surface area (Å²) < 4.78 is 15.9. The van der Waals surface area contributed by atoms with Gasteiger partial charge in [-0.1, -0.05) is 115 Å². The number of ether oxygens (including phenoxy) is 2. The topological polar surface area (TPSA) is 33.1 Å². The lowest BCUT2D eigenvalue weighted by atomic mass is 10.0. The zero-order chi connectivity index (χ0) is 43.8. The Morgan fingerprint density at radius 1 is 0.379 bits per heavy atom. The number of aryl methyl sites for hydroxylation is 2. The summed E-state index contributed by atoms with van der Waals surface area (Å²) in [7, 11) is 0. The second-order valence-corrected chi connectivity index (χ2v) is 17.2. The molecule has 320 valence electrons. The number of aromatic nitrogens is 1. The van der Waals surface area contributed by atoms with Crippen LogP contribution >= 0.6 is 0 Å². The summed E-state index contributed by atoms with van der Waals surface area (Å²) >= 11 is 0. The predicted octanol–water partition coefficient (Wildman–Crippen LogP) is 16.0. The van der Waals surface area contributed by atoms with E-state index in [1.54, 1.807) is 0 Å². The zero-order valence-corrected chi connectivity index (χ0v) is 36.6. The van der Waals surface area contributed by atoms with Gasteiger partial charge >= 0.3 is 0 Å². The number of benzene rings is 9. The highest BCUT2D eigenvalue weighted by atomic mass is 16.5. The Morgan fingerprint density at radius 3 is 1.55 bits per heavy atom. The fourth-order valence-electron chi connectivity index (χ4n) is 10.1. The highest BCUT2D eigenvalue weighted by Gasteiger charge is 2.26. The van der Waals surface area contributed by atoms with E-state index in [0.717, 1.165) is 118 Å². The molecule has 0 saturated heterocycles. The van der Waals surface area contributed by atoms with Crippen molar-refractivity contribution in [3.05, 3.63) is 230 Å². The zero-order valence-electron chi connectivity index (χ0n) is 36.6. The third-order valence-corrected chi connectivity index (χ3v) is 13.0. The molecule has 66 heavy (non-hydrogen) atoms. The van der Waals surface area contributed by atoms with E-state index in [0.29, 0.717) is 0 Å². The second-order valence-electron chi connectivity index (χ2n) is 17.2. The van der Waals surface area contributed by atoms with E-state index in [9.17, 15) is 0 Å². The van der Waals surface area contributed by atoms with Crippen molar-refractivity contribution >= 4 is 61.6 Å². The smallest absolute Gasteiger partial charge is 0.131 e. The maximum absolute atomic E-state index is 6.74. The summed E-state index contributed by atoms with van der Waals surface area (Å²) in [6.45, 7) is 1.84. The highest BCUT2D eigenvalue weighted by Crippen LogP contribution is 2.48. The first kappa shape index (κ1) is 39.4. The molecule has 9 aromatic carbocycles. The van der Waals surface area contributed by atoms with Gasteiger partial charge in [0.15, 0.2) is 0 Å². The molecule has 0 amide bonds. The number of para-hydroxylation sites is 6. The lowest BCUT2D eigenvalue weighted by Gasteiger charge is -2.33. The highest BCUT2D eigenvalue weighted by molar-refractivity contribution is 6.16. The van der Waals surface area contributed by atoms with Crippen molar-refractivity contribution < 1.29 is 9.47 Å². The van der Waals surface area contributed by atoms with Crippen LogP contribution in [0.1, 0.15) is 24.0 Å². The SMILES string of the molecule is c1ccc(Oc2cc(N3CCCc4ccccc43)cc(N(c3ccccc3)c3cccc4c3c3ccccc3n4-c3cc(Oc4ccccc4)cc(N4CCCc5ccccc54)c3)c2)cc1. The maximum atomic E-state index is 6.74. The molecular weight excluding hydrogens is 809 g/mol. The van der Waals surface area contributed by atoms with Gasteiger partial charge in [-0.25, -0.2) is 0 Å². The van der Waals surface area contributed by atoms with Gasteiger partial charge in [0.25, 0.3) is 0 Å². The van der Waals surface area contributed by atoms with Crippen LogP contribution in [-0.2, 0) is 12.8 Å². The molecule has 0 aliphatic carbocycles. The minimum atomic E-state index is 0.773. The third-order valence-electron chi connectivity index (χ3n) is 13.0. The normalized spacial score (nSPS) is 13.3. The second kappa shape index (κ2) is 17.1. The summed E-state index contributed by atoms with van der Waals surface area (Å²) in [5.74, 6) is 3.15. The molecule has 0 saturated carbocycles. The largest absolute Gasteiger partial charge is 0.457 e. The molecule has 12 rings (SSSR count). The van der Waals surface area contributed by atoms with E-state index in [1.807, 2.05) is 60.7 Å². The average molecular weight is 857 g/mol. The van der Waals surface area contributed by atoms with Crippen LogP contribution in [0.4, 0.5) is 39.8 Å². The minimum absolute atomic E-state index is 0.773. The molecular formula is C60H48N4O2. The van der Waals surface area contributed by atoms with Gasteiger partial charge in [-0.3, -0.25) is 0 Å². The molecule has 0 N–H and O–H groups in total. The van der Waals surface area contributed by atoms with Crippen molar-refractivity contribution in [2.24, 2.45) is 0 Å². The van der Waals surface area contributed by atoms with Gasteiger partial charge in [-0.05, 0) is 116 Å². The van der Waals surface area contributed by atoms with E-state index in [-0.39, 0.29) is 0 Å². The fourth-order valence-corrected chi connectivity index (χ4v) is 10.1. The van der Waals surface area contributed by atoms with Gasteiger partial charge in [0.2, 0.25) is 0 Å². The summed E-state index contributed by atoms with van der Waals surface area (Å²) in [5.41, 5.74) is 13.8. The molecule has 2 aliphatic heterocycles. The van der Waals surface area contributed by atoms with Crippen molar-refractivity contribution in [3.63, 3.8) is 0 Å². The molecule has 1 aromatic heterocycles. The third kappa shape index (κ3) is 7.36. The van der Waals surface area contributed by atoms with Crippen LogP contribution < -0.4 is 24.2 Å². The van der Waals surface area contributed by atoms with Gasteiger partial charge in [-0.15, -0.1) is 0 Å². The van der Waals surface area contributed by atoms with Crippen LogP contribution in [0.15, 0.2) is 218 Å². The van der Waals surface area contributed by atoms with Crippen molar-refractivity contribution in [2.45, 2.75) is 25.7 Å². The fraction of sp³-hybridized carbons (Fsp3) is 0.100. The van der Waals surface area contributed by atoms with Crippen LogP contribution in [0.5, 0.6) is 23.0 Å². The monoisotopic (exact) mass is 856 g/mol. The number of hydrogen-bond donors (Lipinski definition) is 0. The molecule has 0 unspecified atom stereocenters. The minimum Gasteiger partial charge on any atom is -0.457 e. The molecule has 10 aromatic rings. The van der Waals surface area contributed by atoms with Gasteiger partial charge in [0.05, 0.1) is 28.1 Å². The first-order valence-electron chi connectivity index (χ1n) is 23.1. The molecule has 6 heteroatoms.